The minimum absolute atomic E-state index is 0.0278. The molecule has 106 valence electrons. The van der Waals surface area contributed by atoms with Crippen molar-refractivity contribution in [2.75, 3.05) is 38.7 Å². The summed E-state index contributed by atoms with van der Waals surface area (Å²) in [7, 11) is 3.15. The number of hydrogen-bond acceptors (Lipinski definition) is 5. The van der Waals surface area contributed by atoms with Gasteiger partial charge in [-0.15, -0.1) is 10.2 Å². The Morgan fingerprint density at radius 3 is 2.47 bits per heavy atom. The second kappa shape index (κ2) is 6.93. The van der Waals surface area contributed by atoms with Crippen LogP contribution in [0.3, 0.4) is 0 Å². The van der Waals surface area contributed by atoms with E-state index in [1.165, 1.54) is 21.9 Å². The molecule has 1 aromatic heterocycles. The van der Waals surface area contributed by atoms with Crippen molar-refractivity contribution in [1.82, 2.24) is 15.1 Å². The van der Waals surface area contributed by atoms with Crippen molar-refractivity contribution in [2.24, 2.45) is 0 Å². The highest BCUT2D eigenvalue weighted by atomic mass is 19.3. The fourth-order valence-corrected chi connectivity index (χ4v) is 1.42. The molecule has 0 bridgehead atoms. The average molecular weight is 274 g/mol. The Hall–Kier alpha value is -1.83. The summed E-state index contributed by atoms with van der Waals surface area (Å²) in [6, 6.07) is 2.85. The maximum Gasteiger partial charge on any atom is 0.273 e. The van der Waals surface area contributed by atoms with Gasteiger partial charge in [-0.3, -0.25) is 4.79 Å². The molecule has 0 radical (unpaired) electrons. The normalized spacial score (nSPS) is 10.6. The molecule has 0 aliphatic rings. The van der Waals surface area contributed by atoms with Gasteiger partial charge in [-0.2, -0.15) is 0 Å². The first-order chi connectivity index (χ1) is 8.95. The van der Waals surface area contributed by atoms with Crippen LogP contribution in [0, 0.1) is 0 Å². The second-order valence-corrected chi connectivity index (χ2v) is 4.04. The van der Waals surface area contributed by atoms with E-state index in [1.54, 1.807) is 14.1 Å². The van der Waals surface area contributed by atoms with E-state index < -0.39 is 13.0 Å². The molecule has 6 nitrogen and oxygen atoms in total. The summed E-state index contributed by atoms with van der Waals surface area (Å²) in [5.74, 6) is -0.119. The summed E-state index contributed by atoms with van der Waals surface area (Å²) in [4.78, 5) is 14.1. The molecule has 0 atom stereocenters. The number of aromatic nitrogens is 2. The molecule has 1 rings (SSSR count). The Balaban J connectivity index is 2.85. The number of carbonyl (C=O) groups is 1. The first kappa shape index (κ1) is 15.2. The molecule has 0 aliphatic heterocycles. The number of carbonyl (C=O) groups excluding carboxylic acids is 1. The molecule has 19 heavy (non-hydrogen) atoms. The predicted molar refractivity (Wildman–Crippen MR) is 65.4 cm³/mol. The maximum absolute atomic E-state index is 12.4. The van der Waals surface area contributed by atoms with Crippen LogP contribution in [0.2, 0.25) is 0 Å². The zero-order chi connectivity index (χ0) is 14.4. The lowest BCUT2D eigenvalue weighted by Crippen LogP contribution is -2.32. The molecule has 1 amide bonds. The number of aliphatic hydroxyl groups excluding tert-OH is 1. The number of rotatable bonds is 6. The molecule has 1 heterocycles. The topological polar surface area (TPSA) is 69.6 Å². The van der Waals surface area contributed by atoms with Gasteiger partial charge in [0.15, 0.2) is 11.5 Å². The number of amides is 1. The van der Waals surface area contributed by atoms with Gasteiger partial charge in [0, 0.05) is 20.6 Å². The Morgan fingerprint density at radius 1 is 1.37 bits per heavy atom. The number of hydrogen-bond donors (Lipinski definition) is 1. The third kappa shape index (κ3) is 4.40. The van der Waals surface area contributed by atoms with Crippen LogP contribution in [-0.4, -0.2) is 66.3 Å². The van der Waals surface area contributed by atoms with E-state index >= 15 is 0 Å². The molecule has 0 fully saturated rings. The SMILES string of the molecule is CN(C)C(=O)c1ccc(N(CCO)CC(F)F)nn1. The summed E-state index contributed by atoms with van der Waals surface area (Å²) in [6.07, 6.45) is -2.54. The molecule has 1 aromatic rings. The summed E-state index contributed by atoms with van der Waals surface area (Å²) >= 11 is 0. The largest absolute Gasteiger partial charge is 0.395 e. The Bertz CT molecular complexity index is 412. The monoisotopic (exact) mass is 274 g/mol. The van der Waals surface area contributed by atoms with Gasteiger partial charge in [0.2, 0.25) is 0 Å². The second-order valence-electron chi connectivity index (χ2n) is 4.04. The molecule has 1 N–H and O–H groups in total. The highest BCUT2D eigenvalue weighted by Crippen LogP contribution is 2.11. The van der Waals surface area contributed by atoms with Gasteiger partial charge >= 0.3 is 0 Å². The van der Waals surface area contributed by atoms with E-state index in [-0.39, 0.29) is 30.6 Å². The Morgan fingerprint density at radius 2 is 2.05 bits per heavy atom. The molecular formula is C11H16F2N4O2. The van der Waals surface area contributed by atoms with E-state index in [4.69, 9.17) is 5.11 Å². The molecule has 0 spiro atoms. The van der Waals surface area contributed by atoms with Crippen LogP contribution in [0.4, 0.5) is 14.6 Å². The lowest BCUT2D eigenvalue weighted by molar-refractivity contribution is 0.0820. The van der Waals surface area contributed by atoms with Crippen molar-refractivity contribution >= 4 is 11.7 Å². The van der Waals surface area contributed by atoms with Crippen LogP contribution in [0.15, 0.2) is 12.1 Å². The predicted octanol–water partition coefficient (Wildman–Crippen LogP) is 0.242. The molecular weight excluding hydrogens is 258 g/mol. The van der Waals surface area contributed by atoms with Crippen molar-refractivity contribution in [1.29, 1.82) is 0 Å². The number of nitrogens with zero attached hydrogens (tertiary/aromatic N) is 4. The summed E-state index contributed by atoms with van der Waals surface area (Å²) in [5.41, 5.74) is 0.134. The summed E-state index contributed by atoms with van der Waals surface area (Å²) in [6.45, 7) is -0.789. The van der Waals surface area contributed by atoms with Crippen LogP contribution in [0.25, 0.3) is 0 Å². The minimum Gasteiger partial charge on any atom is -0.395 e. The molecule has 8 heteroatoms. The number of anilines is 1. The smallest absolute Gasteiger partial charge is 0.273 e. The van der Waals surface area contributed by atoms with Gasteiger partial charge < -0.3 is 14.9 Å². The van der Waals surface area contributed by atoms with Gasteiger partial charge in [-0.1, -0.05) is 0 Å². The van der Waals surface area contributed by atoms with Gasteiger partial charge in [-0.05, 0) is 12.1 Å². The van der Waals surface area contributed by atoms with Crippen LogP contribution in [0.5, 0.6) is 0 Å². The lowest BCUT2D eigenvalue weighted by Gasteiger charge is -2.21. The van der Waals surface area contributed by atoms with Gasteiger partial charge in [0.1, 0.15) is 0 Å². The third-order valence-electron chi connectivity index (χ3n) is 2.33. The van der Waals surface area contributed by atoms with Crippen molar-refractivity contribution in [2.45, 2.75) is 6.43 Å². The summed E-state index contributed by atoms with van der Waals surface area (Å²) in [5, 5.41) is 16.3. The molecule has 0 saturated heterocycles. The number of halogens is 2. The molecule has 0 aromatic carbocycles. The highest BCUT2D eigenvalue weighted by Gasteiger charge is 2.16. The third-order valence-corrected chi connectivity index (χ3v) is 2.33. The van der Waals surface area contributed by atoms with Gasteiger partial charge in [-0.25, -0.2) is 8.78 Å². The fourth-order valence-electron chi connectivity index (χ4n) is 1.42. The van der Waals surface area contributed by atoms with Crippen LogP contribution >= 0.6 is 0 Å². The lowest BCUT2D eigenvalue weighted by atomic mass is 10.3. The number of aliphatic hydroxyl groups is 1. The quantitative estimate of drug-likeness (QED) is 0.805. The van der Waals surface area contributed by atoms with E-state index in [9.17, 15) is 13.6 Å². The number of alkyl halides is 2. The fraction of sp³-hybridized carbons (Fsp3) is 0.545. The van der Waals surface area contributed by atoms with Crippen LogP contribution < -0.4 is 4.90 Å². The van der Waals surface area contributed by atoms with E-state index in [0.29, 0.717) is 0 Å². The van der Waals surface area contributed by atoms with Crippen molar-refractivity contribution in [3.63, 3.8) is 0 Å². The van der Waals surface area contributed by atoms with E-state index in [0.717, 1.165) is 0 Å². The highest BCUT2D eigenvalue weighted by molar-refractivity contribution is 5.91. The van der Waals surface area contributed by atoms with E-state index in [2.05, 4.69) is 10.2 Å². The Kier molecular flexibility index (Phi) is 5.56. The first-order valence-corrected chi connectivity index (χ1v) is 5.65. The van der Waals surface area contributed by atoms with E-state index in [1.807, 2.05) is 0 Å². The van der Waals surface area contributed by atoms with Crippen molar-refractivity contribution in [3.8, 4) is 0 Å². The first-order valence-electron chi connectivity index (χ1n) is 5.65. The molecule has 0 unspecified atom stereocenters. The Labute approximate surface area is 109 Å². The molecule has 0 aliphatic carbocycles. The van der Waals surface area contributed by atoms with Crippen LogP contribution in [-0.2, 0) is 0 Å². The zero-order valence-electron chi connectivity index (χ0n) is 10.8. The van der Waals surface area contributed by atoms with Crippen molar-refractivity contribution < 1.29 is 18.7 Å². The average Bonchev–Trinajstić information content (AvgIpc) is 2.37. The van der Waals surface area contributed by atoms with Gasteiger partial charge in [0.05, 0.1) is 13.2 Å². The van der Waals surface area contributed by atoms with Crippen molar-refractivity contribution in [3.05, 3.63) is 17.8 Å². The summed E-state index contributed by atoms with van der Waals surface area (Å²) < 4.78 is 24.7. The van der Waals surface area contributed by atoms with Gasteiger partial charge in [0.25, 0.3) is 12.3 Å². The standard InChI is InChI=1S/C11H16F2N4O2/c1-16(2)11(19)8-3-4-10(15-14-8)17(5-6-18)7-9(12)13/h3-4,9,18H,5-7H2,1-2H3. The molecule has 0 saturated carbocycles. The maximum atomic E-state index is 12.4. The zero-order valence-corrected chi connectivity index (χ0v) is 10.8. The minimum atomic E-state index is -2.54. The van der Waals surface area contributed by atoms with Crippen LogP contribution in [0.1, 0.15) is 10.5 Å².